The minimum atomic E-state index is -0.112. The zero-order chi connectivity index (χ0) is 14.5. The number of hydrogen-bond acceptors (Lipinski definition) is 6. The van der Waals surface area contributed by atoms with Gasteiger partial charge in [-0.05, 0) is 17.7 Å². The molecule has 1 rings (SSSR count). The molecule has 20 heavy (non-hydrogen) atoms. The lowest BCUT2D eigenvalue weighted by molar-refractivity contribution is -0.0147. The van der Waals surface area contributed by atoms with Gasteiger partial charge in [-0.3, -0.25) is 4.98 Å². The summed E-state index contributed by atoms with van der Waals surface area (Å²) in [5, 5.41) is 0. The molecule has 0 spiro atoms. The van der Waals surface area contributed by atoms with E-state index in [2.05, 4.69) is 4.98 Å². The maximum Gasteiger partial charge on any atom is 0.0949 e. The topological polar surface area (TPSA) is 75.8 Å². The van der Waals surface area contributed by atoms with Crippen LogP contribution in [0.4, 0.5) is 0 Å². The Morgan fingerprint density at radius 2 is 1.60 bits per heavy atom. The molecule has 1 aromatic heterocycles. The molecule has 1 atom stereocenters. The Kier molecular flexibility index (Phi) is 9.99. The highest BCUT2D eigenvalue weighted by atomic mass is 16.6. The second-order valence-corrected chi connectivity index (χ2v) is 4.09. The molecule has 0 fully saturated rings. The van der Waals surface area contributed by atoms with Crippen LogP contribution < -0.4 is 5.73 Å². The minimum absolute atomic E-state index is 0.112. The first kappa shape index (κ1) is 17.0. The maximum atomic E-state index is 5.70. The second kappa shape index (κ2) is 11.7. The number of pyridine rings is 1. The van der Waals surface area contributed by atoms with Crippen molar-refractivity contribution in [3.63, 3.8) is 0 Å². The summed E-state index contributed by atoms with van der Waals surface area (Å²) in [7, 11) is 1.65. The van der Waals surface area contributed by atoms with Crippen LogP contribution in [0.15, 0.2) is 24.5 Å². The highest BCUT2D eigenvalue weighted by Crippen LogP contribution is 2.14. The lowest BCUT2D eigenvalue weighted by Gasteiger charge is -2.16. The van der Waals surface area contributed by atoms with E-state index in [-0.39, 0.29) is 6.10 Å². The molecule has 0 aliphatic rings. The quantitative estimate of drug-likeness (QED) is 0.572. The monoisotopic (exact) mass is 284 g/mol. The first-order chi connectivity index (χ1) is 9.88. The van der Waals surface area contributed by atoms with Crippen LogP contribution in [0.25, 0.3) is 0 Å². The molecule has 6 nitrogen and oxygen atoms in total. The van der Waals surface area contributed by atoms with Gasteiger partial charge in [0.05, 0.1) is 45.7 Å². The Morgan fingerprint density at radius 1 is 1.00 bits per heavy atom. The summed E-state index contributed by atoms with van der Waals surface area (Å²) in [5.74, 6) is 0. The second-order valence-electron chi connectivity index (χ2n) is 4.09. The number of aromatic nitrogens is 1. The van der Waals surface area contributed by atoms with E-state index in [1.807, 2.05) is 12.1 Å². The molecule has 6 heteroatoms. The van der Waals surface area contributed by atoms with E-state index in [4.69, 9.17) is 24.7 Å². The number of methoxy groups -OCH3 is 1. The highest BCUT2D eigenvalue weighted by Gasteiger charge is 2.09. The molecule has 0 aliphatic heterocycles. The molecular formula is C14H24N2O4. The van der Waals surface area contributed by atoms with E-state index in [1.54, 1.807) is 19.5 Å². The summed E-state index contributed by atoms with van der Waals surface area (Å²) in [5.41, 5.74) is 6.73. The predicted molar refractivity (Wildman–Crippen MR) is 75.5 cm³/mol. The van der Waals surface area contributed by atoms with Gasteiger partial charge in [-0.2, -0.15) is 0 Å². The fraction of sp³-hybridized carbons (Fsp3) is 0.643. The summed E-state index contributed by atoms with van der Waals surface area (Å²) in [6, 6.07) is 3.81. The van der Waals surface area contributed by atoms with Crippen molar-refractivity contribution in [2.45, 2.75) is 6.10 Å². The average molecular weight is 284 g/mol. The van der Waals surface area contributed by atoms with Crippen LogP contribution in [0.3, 0.4) is 0 Å². The molecule has 2 N–H and O–H groups in total. The van der Waals surface area contributed by atoms with Gasteiger partial charge in [0.2, 0.25) is 0 Å². The van der Waals surface area contributed by atoms with E-state index in [0.717, 1.165) is 5.56 Å². The third kappa shape index (κ3) is 7.52. The van der Waals surface area contributed by atoms with Gasteiger partial charge in [-0.25, -0.2) is 0 Å². The normalized spacial score (nSPS) is 12.5. The van der Waals surface area contributed by atoms with Gasteiger partial charge in [0.25, 0.3) is 0 Å². The third-order valence-electron chi connectivity index (χ3n) is 2.64. The van der Waals surface area contributed by atoms with Crippen molar-refractivity contribution in [2.24, 2.45) is 5.73 Å². The number of ether oxygens (including phenoxy) is 4. The largest absolute Gasteiger partial charge is 0.382 e. The summed E-state index contributed by atoms with van der Waals surface area (Å²) in [4.78, 5) is 3.97. The van der Waals surface area contributed by atoms with Crippen LogP contribution >= 0.6 is 0 Å². The number of nitrogens with zero attached hydrogens (tertiary/aromatic N) is 1. The first-order valence-electron chi connectivity index (χ1n) is 6.74. The van der Waals surface area contributed by atoms with Crippen LogP contribution in [0.1, 0.15) is 11.7 Å². The summed E-state index contributed by atoms with van der Waals surface area (Å²) in [6.07, 6.45) is 3.35. The fourth-order valence-electron chi connectivity index (χ4n) is 1.59. The van der Waals surface area contributed by atoms with E-state index in [0.29, 0.717) is 46.2 Å². The summed E-state index contributed by atoms with van der Waals surface area (Å²) < 4.78 is 21.2. The van der Waals surface area contributed by atoms with Crippen LogP contribution in [0.5, 0.6) is 0 Å². The van der Waals surface area contributed by atoms with Gasteiger partial charge in [-0.15, -0.1) is 0 Å². The van der Waals surface area contributed by atoms with Gasteiger partial charge in [-0.1, -0.05) is 0 Å². The van der Waals surface area contributed by atoms with Crippen LogP contribution in [-0.4, -0.2) is 58.3 Å². The zero-order valence-corrected chi connectivity index (χ0v) is 12.0. The van der Waals surface area contributed by atoms with E-state index < -0.39 is 0 Å². The maximum absolute atomic E-state index is 5.70. The molecule has 114 valence electrons. The molecule has 1 unspecified atom stereocenters. The van der Waals surface area contributed by atoms with Gasteiger partial charge >= 0.3 is 0 Å². The Balaban J connectivity index is 2.02. The molecule has 0 saturated carbocycles. The Labute approximate surface area is 120 Å². The van der Waals surface area contributed by atoms with E-state index in [9.17, 15) is 0 Å². The van der Waals surface area contributed by atoms with Crippen molar-refractivity contribution in [3.8, 4) is 0 Å². The molecule has 1 aromatic rings. The van der Waals surface area contributed by atoms with Crippen molar-refractivity contribution in [1.29, 1.82) is 0 Å². The molecule has 0 bridgehead atoms. The molecule has 0 amide bonds. The minimum Gasteiger partial charge on any atom is -0.382 e. The molecule has 0 saturated heterocycles. The average Bonchev–Trinajstić information content (AvgIpc) is 2.50. The van der Waals surface area contributed by atoms with Crippen molar-refractivity contribution in [2.75, 3.05) is 53.3 Å². The third-order valence-corrected chi connectivity index (χ3v) is 2.64. The van der Waals surface area contributed by atoms with Crippen molar-refractivity contribution in [1.82, 2.24) is 4.98 Å². The van der Waals surface area contributed by atoms with E-state index in [1.165, 1.54) is 0 Å². The predicted octanol–water partition coefficient (Wildman–Crippen LogP) is 0.778. The Morgan fingerprint density at radius 3 is 2.20 bits per heavy atom. The number of hydrogen-bond donors (Lipinski definition) is 1. The SMILES string of the molecule is COCCOCCOCCOC(CN)c1ccncc1. The lowest BCUT2D eigenvalue weighted by atomic mass is 10.1. The summed E-state index contributed by atoms with van der Waals surface area (Å²) in [6.45, 7) is 3.77. The summed E-state index contributed by atoms with van der Waals surface area (Å²) >= 11 is 0. The number of nitrogens with two attached hydrogens (primary N) is 1. The Hall–Kier alpha value is -1.05. The smallest absolute Gasteiger partial charge is 0.0949 e. The van der Waals surface area contributed by atoms with Gasteiger partial charge in [0, 0.05) is 26.0 Å². The highest BCUT2D eigenvalue weighted by molar-refractivity contribution is 5.13. The molecular weight excluding hydrogens is 260 g/mol. The van der Waals surface area contributed by atoms with Crippen molar-refractivity contribution >= 4 is 0 Å². The molecule has 1 heterocycles. The van der Waals surface area contributed by atoms with Gasteiger partial charge < -0.3 is 24.7 Å². The molecule has 0 aromatic carbocycles. The molecule has 0 radical (unpaired) electrons. The molecule has 0 aliphatic carbocycles. The standard InChI is InChI=1S/C14H24N2O4/c1-17-6-7-18-8-9-19-10-11-20-14(12-15)13-2-4-16-5-3-13/h2-5,14H,6-12,15H2,1H3. The zero-order valence-electron chi connectivity index (χ0n) is 12.0. The first-order valence-corrected chi connectivity index (χ1v) is 6.74. The van der Waals surface area contributed by atoms with Gasteiger partial charge in [0.15, 0.2) is 0 Å². The van der Waals surface area contributed by atoms with E-state index >= 15 is 0 Å². The Bertz CT molecular complexity index is 324. The van der Waals surface area contributed by atoms with Crippen molar-refractivity contribution in [3.05, 3.63) is 30.1 Å². The lowest BCUT2D eigenvalue weighted by Crippen LogP contribution is -2.19. The van der Waals surface area contributed by atoms with Crippen molar-refractivity contribution < 1.29 is 18.9 Å². The number of rotatable bonds is 12. The fourth-order valence-corrected chi connectivity index (χ4v) is 1.59. The van der Waals surface area contributed by atoms with Crippen LogP contribution in [-0.2, 0) is 18.9 Å². The van der Waals surface area contributed by atoms with Crippen LogP contribution in [0, 0.1) is 0 Å². The van der Waals surface area contributed by atoms with Gasteiger partial charge in [0.1, 0.15) is 0 Å². The van der Waals surface area contributed by atoms with Crippen LogP contribution in [0.2, 0.25) is 0 Å².